The Balaban J connectivity index is 1.77. The van der Waals surface area contributed by atoms with E-state index in [1.807, 2.05) is 55.5 Å². The highest BCUT2D eigenvalue weighted by molar-refractivity contribution is 9.10. The fourth-order valence-corrected chi connectivity index (χ4v) is 4.22. The van der Waals surface area contributed by atoms with Crippen LogP contribution in [0.1, 0.15) is 42.2 Å². The van der Waals surface area contributed by atoms with Crippen molar-refractivity contribution in [3.63, 3.8) is 0 Å². The Kier molecular flexibility index (Phi) is 6.59. The van der Waals surface area contributed by atoms with Gasteiger partial charge in [0.05, 0.1) is 13.7 Å². The molecule has 31 heavy (non-hydrogen) atoms. The third-order valence-electron chi connectivity index (χ3n) is 5.31. The third kappa shape index (κ3) is 4.75. The molecule has 0 bridgehead atoms. The molecule has 0 saturated heterocycles. The van der Waals surface area contributed by atoms with Gasteiger partial charge in [0.15, 0.2) is 11.5 Å². The maximum absolute atomic E-state index is 10.9. The van der Waals surface area contributed by atoms with Crippen LogP contribution in [0.3, 0.4) is 0 Å². The molecule has 2 atom stereocenters. The molecule has 0 aromatic heterocycles. The number of aliphatic imine (C=N–C) groups is 1. The van der Waals surface area contributed by atoms with Crippen LogP contribution >= 0.6 is 15.9 Å². The van der Waals surface area contributed by atoms with Crippen LogP contribution in [-0.2, 0) is 0 Å². The van der Waals surface area contributed by atoms with Crippen LogP contribution in [-0.4, -0.2) is 24.5 Å². The van der Waals surface area contributed by atoms with Crippen molar-refractivity contribution in [2.24, 2.45) is 4.99 Å². The van der Waals surface area contributed by atoms with E-state index in [1.165, 1.54) is 0 Å². The molecular weight excluding hydrogens is 456 g/mol. The van der Waals surface area contributed by atoms with Crippen LogP contribution in [0.4, 0.5) is 0 Å². The second-order valence-corrected chi connectivity index (χ2v) is 8.23. The highest BCUT2D eigenvalue weighted by Crippen LogP contribution is 2.39. The summed E-state index contributed by atoms with van der Waals surface area (Å²) in [4.78, 5) is 5.02. The number of hydrogen-bond donors (Lipinski definition) is 2. The van der Waals surface area contributed by atoms with E-state index in [9.17, 15) is 5.11 Å². The molecule has 0 amide bonds. The van der Waals surface area contributed by atoms with Crippen LogP contribution in [0.2, 0.25) is 0 Å². The van der Waals surface area contributed by atoms with Gasteiger partial charge in [-0.1, -0.05) is 52.3 Å². The van der Waals surface area contributed by atoms with Gasteiger partial charge in [0.25, 0.3) is 0 Å². The van der Waals surface area contributed by atoms with Gasteiger partial charge >= 0.3 is 0 Å². The average Bonchev–Trinajstić information content (AvgIpc) is 2.80. The lowest BCUT2D eigenvalue weighted by Crippen LogP contribution is -2.33. The van der Waals surface area contributed by atoms with Crippen molar-refractivity contribution >= 4 is 21.6 Å². The van der Waals surface area contributed by atoms with Crippen molar-refractivity contribution in [1.29, 1.82) is 0 Å². The Morgan fingerprint density at radius 2 is 1.90 bits per heavy atom. The molecule has 160 valence electrons. The minimum atomic E-state index is -0.280. The fraction of sp³-hybridized carbons (Fsp3) is 0.240. The number of hydrogen-bond acceptors (Lipinski definition) is 5. The third-order valence-corrected chi connectivity index (χ3v) is 5.81. The highest BCUT2D eigenvalue weighted by Gasteiger charge is 2.28. The Morgan fingerprint density at radius 3 is 2.68 bits per heavy atom. The van der Waals surface area contributed by atoms with E-state index >= 15 is 0 Å². The second-order valence-electron chi connectivity index (χ2n) is 7.32. The van der Waals surface area contributed by atoms with E-state index in [0.29, 0.717) is 18.8 Å². The minimum Gasteiger partial charge on any atom is -0.504 e. The largest absolute Gasteiger partial charge is 0.504 e. The van der Waals surface area contributed by atoms with Gasteiger partial charge in [-0.05, 0) is 48.4 Å². The monoisotopic (exact) mass is 480 g/mol. The summed E-state index contributed by atoms with van der Waals surface area (Å²) in [5.74, 6) is 1.44. The normalized spacial score (nSPS) is 18.4. The van der Waals surface area contributed by atoms with E-state index in [0.717, 1.165) is 32.6 Å². The van der Waals surface area contributed by atoms with Gasteiger partial charge in [0, 0.05) is 28.2 Å². The number of benzene rings is 3. The molecule has 0 fully saturated rings. The first kappa shape index (κ1) is 21.4. The van der Waals surface area contributed by atoms with Crippen LogP contribution in [0.25, 0.3) is 0 Å². The number of ether oxygens (including phenoxy) is 2. The smallest absolute Gasteiger partial charge is 0.162 e. The molecule has 0 aliphatic carbocycles. The minimum absolute atomic E-state index is 0.136. The SMILES string of the molecule is CCOc1cccc(C2CC(c3cccc(Br)c3)=NC(c3cccc(OC)c3)N2)c1O. The van der Waals surface area contributed by atoms with E-state index in [4.69, 9.17) is 14.5 Å². The van der Waals surface area contributed by atoms with Gasteiger partial charge in [-0.15, -0.1) is 0 Å². The summed E-state index contributed by atoms with van der Waals surface area (Å²) in [5.41, 5.74) is 3.81. The Bertz CT molecular complexity index is 1100. The van der Waals surface area contributed by atoms with E-state index < -0.39 is 0 Å². The van der Waals surface area contributed by atoms with Crippen molar-refractivity contribution < 1.29 is 14.6 Å². The molecular formula is C25H25BrN2O3. The van der Waals surface area contributed by atoms with E-state index in [-0.39, 0.29) is 18.0 Å². The van der Waals surface area contributed by atoms with E-state index in [2.05, 4.69) is 33.4 Å². The second kappa shape index (κ2) is 9.54. The molecule has 3 aromatic rings. The van der Waals surface area contributed by atoms with E-state index in [1.54, 1.807) is 13.2 Å². The van der Waals surface area contributed by atoms with Crippen molar-refractivity contribution in [2.75, 3.05) is 13.7 Å². The molecule has 1 heterocycles. The number of methoxy groups -OCH3 is 1. The molecule has 3 aromatic carbocycles. The standard InChI is InChI=1S/C25H25BrN2O3/c1-3-31-23-12-6-11-20(24(23)29)22-15-21(16-7-4-9-18(26)13-16)27-25(28-22)17-8-5-10-19(14-17)30-2/h4-14,22,25,28-29H,3,15H2,1-2H3. The van der Waals surface area contributed by atoms with Gasteiger partial charge in [0.2, 0.25) is 0 Å². The summed E-state index contributed by atoms with van der Waals surface area (Å²) < 4.78 is 12.0. The zero-order valence-corrected chi connectivity index (χ0v) is 19.1. The molecule has 0 radical (unpaired) electrons. The fourth-order valence-electron chi connectivity index (χ4n) is 3.82. The molecule has 6 heteroatoms. The predicted octanol–water partition coefficient (Wildman–Crippen LogP) is 5.78. The molecule has 0 spiro atoms. The average molecular weight is 481 g/mol. The molecule has 1 aliphatic rings. The number of rotatable bonds is 6. The summed E-state index contributed by atoms with van der Waals surface area (Å²) >= 11 is 3.56. The van der Waals surface area contributed by atoms with Gasteiger partial charge in [-0.3, -0.25) is 10.3 Å². The molecule has 4 rings (SSSR count). The zero-order valence-electron chi connectivity index (χ0n) is 17.5. The first-order valence-electron chi connectivity index (χ1n) is 10.3. The quantitative estimate of drug-likeness (QED) is 0.468. The number of halogens is 1. The molecule has 0 saturated carbocycles. The van der Waals surface area contributed by atoms with Crippen LogP contribution in [0.15, 0.2) is 76.2 Å². The van der Waals surface area contributed by atoms with Crippen molar-refractivity contribution in [2.45, 2.75) is 25.6 Å². The van der Waals surface area contributed by atoms with Crippen molar-refractivity contribution in [3.8, 4) is 17.2 Å². The molecule has 5 nitrogen and oxygen atoms in total. The number of aromatic hydroxyl groups is 1. The predicted molar refractivity (Wildman–Crippen MR) is 126 cm³/mol. The molecule has 2 unspecified atom stereocenters. The summed E-state index contributed by atoms with van der Waals surface area (Å²) in [6, 6.07) is 21.5. The lowest BCUT2D eigenvalue weighted by Gasteiger charge is -2.31. The first-order valence-corrected chi connectivity index (χ1v) is 11.1. The summed E-state index contributed by atoms with van der Waals surface area (Å²) in [6.07, 6.45) is 0.359. The van der Waals surface area contributed by atoms with Crippen LogP contribution in [0.5, 0.6) is 17.2 Å². The van der Waals surface area contributed by atoms with Crippen LogP contribution in [0, 0.1) is 0 Å². The number of nitrogens with one attached hydrogen (secondary N) is 1. The first-order chi connectivity index (χ1) is 15.1. The van der Waals surface area contributed by atoms with Crippen molar-refractivity contribution in [1.82, 2.24) is 5.32 Å². The topological polar surface area (TPSA) is 63.1 Å². The number of nitrogens with zero attached hydrogens (tertiary/aromatic N) is 1. The van der Waals surface area contributed by atoms with Crippen LogP contribution < -0.4 is 14.8 Å². The van der Waals surface area contributed by atoms with Gasteiger partial charge in [0.1, 0.15) is 11.9 Å². The maximum atomic E-state index is 10.9. The molecule has 2 N–H and O–H groups in total. The lowest BCUT2D eigenvalue weighted by molar-refractivity contribution is 0.313. The highest BCUT2D eigenvalue weighted by atomic mass is 79.9. The zero-order chi connectivity index (χ0) is 21.8. The lowest BCUT2D eigenvalue weighted by atomic mass is 9.93. The molecule has 1 aliphatic heterocycles. The van der Waals surface area contributed by atoms with Gasteiger partial charge < -0.3 is 14.6 Å². The van der Waals surface area contributed by atoms with Gasteiger partial charge in [-0.25, -0.2) is 0 Å². The summed E-state index contributed by atoms with van der Waals surface area (Å²) in [7, 11) is 1.66. The number of para-hydroxylation sites is 1. The number of phenolic OH excluding ortho intramolecular Hbond substituents is 1. The Morgan fingerprint density at radius 1 is 1.10 bits per heavy atom. The summed E-state index contributed by atoms with van der Waals surface area (Å²) in [6.45, 7) is 2.40. The number of phenols is 1. The summed E-state index contributed by atoms with van der Waals surface area (Å²) in [5, 5.41) is 14.5. The van der Waals surface area contributed by atoms with Gasteiger partial charge in [-0.2, -0.15) is 0 Å². The Labute approximate surface area is 190 Å². The Hall–Kier alpha value is -2.83. The maximum Gasteiger partial charge on any atom is 0.162 e. The van der Waals surface area contributed by atoms with Crippen molar-refractivity contribution in [3.05, 3.63) is 87.9 Å².